The van der Waals surface area contributed by atoms with Crippen LogP contribution in [0.4, 0.5) is 11.8 Å². The van der Waals surface area contributed by atoms with Crippen molar-refractivity contribution in [1.29, 1.82) is 0 Å². The molecule has 1 amide bonds. The highest BCUT2D eigenvalue weighted by atomic mass is 16.2. The van der Waals surface area contributed by atoms with Gasteiger partial charge in [0, 0.05) is 57.5 Å². The van der Waals surface area contributed by atoms with Crippen molar-refractivity contribution in [2.75, 3.05) is 42.9 Å². The summed E-state index contributed by atoms with van der Waals surface area (Å²) in [6, 6.07) is 5.59. The maximum Gasteiger partial charge on any atom is 0.225 e. The minimum absolute atomic E-state index is 0.148. The number of hydrogen-bond donors (Lipinski definition) is 1. The predicted molar refractivity (Wildman–Crippen MR) is 107 cm³/mol. The number of aromatic nitrogens is 6. The third-order valence-corrected chi connectivity index (χ3v) is 5.34. The summed E-state index contributed by atoms with van der Waals surface area (Å²) in [4.78, 5) is 25.1. The second kappa shape index (κ2) is 7.61. The van der Waals surface area contributed by atoms with E-state index in [4.69, 9.17) is 0 Å². The molecule has 0 unspecified atom stereocenters. The molecule has 1 saturated heterocycles. The van der Waals surface area contributed by atoms with Crippen molar-refractivity contribution in [3.63, 3.8) is 0 Å². The van der Waals surface area contributed by atoms with E-state index in [-0.39, 0.29) is 5.91 Å². The highest BCUT2D eigenvalue weighted by Gasteiger charge is 2.29. The third kappa shape index (κ3) is 3.82. The van der Waals surface area contributed by atoms with Crippen LogP contribution in [0.25, 0.3) is 5.65 Å². The maximum atomic E-state index is 12.5. The highest BCUT2D eigenvalue weighted by molar-refractivity contribution is 5.77. The molecule has 2 aliphatic rings. The highest BCUT2D eigenvalue weighted by Crippen LogP contribution is 2.38. The van der Waals surface area contributed by atoms with Crippen LogP contribution >= 0.6 is 0 Å². The fourth-order valence-corrected chi connectivity index (χ4v) is 3.56. The summed E-state index contributed by atoms with van der Waals surface area (Å²) in [6.07, 6.45) is 6.21. The summed E-state index contributed by atoms with van der Waals surface area (Å²) < 4.78 is 1.81. The van der Waals surface area contributed by atoms with Crippen molar-refractivity contribution in [3.05, 3.63) is 36.4 Å². The number of fused-ring (bicyclic) bond motifs is 1. The molecule has 5 rings (SSSR count). The summed E-state index contributed by atoms with van der Waals surface area (Å²) >= 11 is 0. The van der Waals surface area contributed by atoms with Gasteiger partial charge < -0.3 is 15.1 Å². The van der Waals surface area contributed by atoms with Crippen LogP contribution in [0.1, 0.15) is 31.0 Å². The van der Waals surface area contributed by atoms with Crippen molar-refractivity contribution < 1.29 is 4.79 Å². The van der Waals surface area contributed by atoms with Gasteiger partial charge in [-0.25, -0.2) is 9.97 Å². The Kier molecular flexibility index (Phi) is 4.66. The summed E-state index contributed by atoms with van der Waals surface area (Å²) in [5.74, 6) is 3.02. The summed E-state index contributed by atoms with van der Waals surface area (Å²) in [5, 5.41) is 16.2. The lowest BCUT2D eigenvalue weighted by molar-refractivity contribution is -0.131. The largest absolute Gasteiger partial charge is 0.368 e. The standard InChI is InChI=1S/C19H23N9O/c29-17(26-10-12-27(13-11-26)19-21-7-1-8-22-19)6-9-20-15-4-5-16-23-24-18(14-2-3-14)28(16)25-15/h1,4-5,7-8,14H,2-3,6,9-13H2,(H,20,25). The minimum Gasteiger partial charge on any atom is -0.368 e. The Labute approximate surface area is 168 Å². The molecule has 29 heavy (non-hydrogen) atoms. The van der Waals surface area contributed by atoms with Gasteiger partial charge >= 0.3 is 0 Å². The molecular weight excluding hydrogens is 370 g/mol. The van der Waals surface area contributed by atoms with Gasteiger partial charge in [-0.1, -0.05) is 0 Å². The number of rotatable bonds is 6. The zero-order valence-electron chi connectivity index (χ0n) is 16.1. The zero-order valence-corrected chi connectivity index (χ0v) is 16.1. The lowest BCUT2D eigenvalue weighted by Crippen LogP contribution is -2.49. The first-order valence-corrected chi connectivity index (χ1v) is 10.0. The van der Waals surface area contributed by atoms with E-state index >= 15 is 0 Å². The van der Waals surface area contributed by atoms with Gasteiger partial charge in [0.2, 0.25) is 11.9 Å². The molecular formula is C19H23N9O. The molecule has 1 N–H and O–H groups in total. The van der Waals surface area contributed by atoms with Crippen LogP contribution in [0, 0.1) is 0 Å². The van der Waals surface area contributed by atoms with E-state index in [1.54, 1.807) is 18.5 Å². The fraction of sp³-hybridized carbons (Fsp3) is 0.474. The predicted octanol–water partition coefficient (Wildman–Crippen LogP) is 0.942. The summed E-state index contributed by atoms with van der Waals surface area (Å²) in [5.41, 5.74) is 0.758. The second-order valence-corrected chi connectivity index (χ2v) is 7.41. The Hall–Kier alpha value is -3.30. The molecule has 0 atom stereocenters. The summed E-state index contributed by atoms with van der Waals surface area (Å²) in [6.45, 7) is 3.41. The smallest absolute Gasteiger partial charge is 0.225 e. The van der Waals surface area contributed by atoms with Crippen LogP contribution in [-0.2, 0) is 4.79 Å². The van der Waals surface area contributed by atoms with Crippen LogP contribution in [0.3, 0.4) is 0 Å². The van der Waals surface area contributed by atoms with E-state index in [0.29, 0.717) is 32.0 Å². The van der Waals surface area contributed by atoms with E-state index in [9.17, 15) is 4.79 Å². The van der Waals surface area contributed by atoms with E-state index in [0.717, 1.165) is 49.2 Å². The van der Waals surface area contributed by atoms with Crippen molar-refractivity contribution in [1.82, 2.24) is 34.7 Å². The monoisotopic (exact) mass is 393 g/mol. The first kappa shape index (κ1) is 17.8. The van der Waals surface area contributed by atoms with Crippen molar-refractivity contribution in [2.45, 2.75) is 25.2 Å². The van der Waals surface area contributed by atoms with Gasteiger partial charge in [0.05, 0.1) is 0 Å². The average molecular weight is 393 g/mol. The van der Waals surface area contributed by atoms with Crippen LogP contribution in [0.5, 0.6) is 0 Å². The first-order valence-electron chi connectivity index (χ1n) is 10.0. The van der Waals surface area contributed by atoms with Crippen LogP contribution in [-0.4, -0.2) is 73.3 Å². The van der Waals surface area contributed by atoms with Gasteiger partial charge in [-0.05, 0) is 31.0 Å². The SMILES string of the molecule is O=C(CCNc1ccc2nnc(C3CC3)n2n1)N1CCN(c2ncccn2)CC1. The van der Waals surface area contributed by atoms with Gasteiger partial charge in [-0.3, -0.25) is 4.79 Å². The normalized spacial score (nSPS) is 17.0. The first-order chi connectivity index (χ1) is 14.3. The molecule has 10 nitrogen and oxygen atoms in total. The molecule has 3 aromatic heterocycles. The second-order valence-electron chi connectivity index (χ2n) is 7.41. The minimum atomic E-state index is 0.148. The lowest BCUT2D eigenvalue weighted by atomic mass is 10.3. The maximum absolute atomic E-state index is 12.5. The molecule has 1 saturated carbocycles. The molecule has 0 radical (unpaired) electrons. The number of nitrogens with one attached hydrogen (secondary N) is 1. The van der Waals surface area contributed by atoms with Gasteiger partial charge in [-0.15, -0.1) is 15.3 Å². The van der Waals surface area contributed by atoms with Crippen LogP contribution in [0.2, 0.25) is 0 Å². The number of carbonyl (C=O) groups excluding carboxylic acids is 1. The van der Waals surface area contributed by atoms with Crippen molar-refractivity contribution in [3.8, 4) is 0 Å². The number of piperazine rings is 1. The Bertz CT molecular complexity index is 993. The number of hydrogen-bond acceptors (Lipinski definition) is 8. The summed E-state index contributed by atoms with van der Waals surface area (Å²) in [7, 11) is 0. The molecule has 3 aromatic rings. The molecule has 1 aliphatic heterocycles. The Morgan fingerprint density at radius 1 is 1.07 bits per heavy atom. The molecule has 4 heterocycles. The quantitative estimate of drug-likeness (QED) is 0.660. The van der Waals surface area contributed by atoms with Crippen molar-refractivity contribution in [2.24, 2.45) is 0 Å². The molecule has 150 valence electrons. The van der Waals surface area contributed by atoms with Crippen LogP contribution < -0.4 is 10.2 Å². The van der Waals surface area contributed by atoms with Gasteiger partial charge in [0.25, 0.3) is 0 Å². The number of amides is 1. The molecule has 0 bridgehead atoms. The van der Waals surface area contributed by atoms with E-state index in [1.165, 1.54) is 0 Å². The molecule has 2 fully saturated rings. The molecule has 0 spiro atoms. The third-order valence-electron chi connectivity index (χ3n) is 5.34. The Morgan fingerprint density at radius 3 is 2.62 bits per heavy atom. The average Bonchev–Trinajstić information content (AvgIpc) is 3.53. The number of anilines is 2. The topological polar surface area (TPSA) is 104 Å². The van der Waals surface area contributed by atoms with Gasteiger partial charge in [-0.2, -0.15) is 4.52 Å². The fourth-order valence-electron chi connectivity index (χ4n) is 3.56. The molecule has 0 aromatic carbocycles. The lowest BCUT2D eigenvalue weighted by Gasteiger charge is -2.34. The molecule has 1 aliphatic carbocycles. The van der Waals surface area contributed by atoms with Crippen molar-refractivity contribution >= 4 is 23.3 Å². The van der Waals surface area contributed by atoms with Gasteiger partial charge in [0.15, 0.2) is 11.5 Å². The van der Waals surface area contributed by atoms with E-state index < -0.39 is 0 Å². The Morgan fingerprint density at radius 2 is 1.86 bits per heavy atom. The van der Waals surface area contributed by atoms with Crippen LogP contribution in [0.15, 0.2) is 30.6 Å². The van der Waals surface area contributed by atoms with E-state index in [1.807, 2.05) is 21.5 Å². The molecule has 10 heteroatoms. The van der Waals surface area contributed by atoms with E-state index in [2.05, 4.69) is 35.5 Å². The van der Waals surface area contributed by atoms with Gasteiger partial charge in [0.1, 0.15) is 5.82 Å². The zero-order chi connectivity index (χ0) is 19.6. The number of nitrogens with zero attached hydrogens (tertiary/aromatic N) is 8. The Balaban J connectivity index is 1.12. The number of carbonyl (C=O) groups is 1.